The maximum absolute atomic E-state index is 13.0. The van der Waals surface area contributed by atoms with E-state index in [1.807, 2.05) is 13.0 Å². The third-order valence-corrected chi connectivity index (χ3v) is 3.89. The highest BCUT2D eigenvalue weighted by Gasteiger charge is 2.33. The van der Waals surface area contributed by atoms with Crippen molar-refractivity contribution in [2.24, 2.45) is 0 Å². The summed E-state index contributed by atoms with van der Waals surface area (Å²) in [5, 5.41) is 2.91. The van der Waals surface area contributed by atoms with E-state index in [1.165, 1.54) is 0 Å². The maximum Gasteiger partial charge on any atom is 0.416 e. The third kappa shape index (κ3) is 3.97. The summed E-state index contributed by atoms with van der Waals surface area (Å²) in [4.78, 5) is 0. The summed E-state index contributed by atoms with van der Waals surface area (Å²) in [6.07, 6.45) is -4.58. The van der Waals surface area contributed by atoms with Gasteiger partial charge in [0.05, 0.1) is 5.56 Å². The molecule has 0 heterocycles. The highest BCUT2D eigenvalue weighted by atomic mass is 79.9. The first kappa shape index (κ1) is 15.8. The number of hydrogen-bond acceptors (Lipinski definition) is 1. The Morgan fingerprint density at radius 1 is 1.10 bits per heavy atom. The average Bonchev–Trinajstić information content (AvgIpc) is 2.40. The molecule has 0 radical (unpaired) electrons. The minimum absolute atomic E-state index is 0.000553. The topological polar surface area (TPSA) is 12.0 Å². The molecule has 1 N–H and O–H groups in total. The molecule has 0 bridgehead atoms. The molecule has 2 aromatic rings. The van der Waals surface area contributed by atoms with Crippen LogP contribution in [0, 0.1) is 12.7 Å². The van der Waals surface area contributed by atoms with Gasteiger partial charge < -0.3 is 5.32 Å². The number of alkyl halides is 3. The summed E-state index contributed by atoms with van der Waals surface area (Å²) in [6.45, 7) is 1.88. The van der Waals surface area contributed by atoms with Crippen LogP contribution in [0.3, 0.4) is 0 Å². The molecule has 2 aromatic carbocycles. The van der Waals surface area contributed by atoms with Crippen LogP contribution in [0.25, 0.3) is 0 Å². The first-order chi connectivity index (χ1) is 9.77. The summed E-state index contributed by atoms with van der Waals surface area (Å²) >= 11 is 3.36. The van der Waals surface area contributed by atoms with E-state index in [9.17, 15) is 17.6 Å². The molecule has 0 aromatic heterocycles. The van der Waals surface area contributed by atoms with Gasteiger partial charge in [-0.25, -0.2) is 4.39 Å². The Bertz CT molecular complexity index is 653. The van der Waals surface area contributed by atoms with Gasteiger partial charge in [-0.3, -0.25) is 0 Å². The largest absolute Gasteiger partial charge is 0.416 e. The van der Waals surface area contributed by atoms with Crippen molar-refractivity contribution in [3.8, 4) is 0 Å². The average molecular weight is 362 g/mol. The van der Waals surface area contributed by atoms with E-state index in [4.69, 9.17) is 0 Å². The second-order valence-corrected chi connectivity index (χ2v) is 5.47. The van der Waals surface area contributed by atoms with Gasteiger partial charge in [-0.2, -0.15) is 13.2 Å². The number of nitrogens with one attached hydrogen (secondary N) is 1. The van der Waals surface area contributed by atoms with Crippen LogP contribution < -0.4 is 5.32 Å². The fraction of sp³-hybridized carbons (Fsp3) is 0.200. The van der Waals surface area contributed by atoms with Crippen molar-refractivity contribution < 1.29 is 17.6 Å². The van der Waals surface area contributed by atoms with Crippen molar-refractivity contribution in [1.82, 2.24) is 0 Å². The lowest BCUT2D eigenvalue weighted by atomic mass is 10.1. The molecule has 0 aliphatic carbocycles. The Hall–Kier alpha value is -1.56. The van der Waals surface area contributed by atoms with Crippen molar-refractivity contribution in [2.45, 2.75) is 19.6 Å². The molecule has 112 valence electrons. The van der Waals surface area contributed by atoms with Crippen LogP contribution in [0.5, 0.6) is 0 Å². The number of benzene rings is 2. The van der Waals surface area contributed by atoms with E-state index in [-0.39, 0.29) is 12.1 Å². The van der Waals surface area contributed by atoms with Gasteiger partial charge in [0.15, 0.2) is 0 Å². The molecule has 0 atom stereocenters. The molecule has 0 saturated heterocycles. The van der Waals surface area contributed by atoms with Gasteiger partial charge in [-0.15, -0.1) is 0 Å². The predicted octanol–water partition coefficient (Wildman–Crippen LogP) is 5.53. The number of anilines is 1. The standard InChI is InChI=1S/C15H12BrF4N/c1-9-2-5-12(7-14(9)16)21-8-10-3-4-11(17)6-13(10)15(18,19)20/h2-7,21H,8H2,1H3. The van der Waals surface area contributed by atoms with Gasteiger partial charge in [0.1, 0.15) is 5.82 Å². The first-order valence-corrected chi connectivity index (χ1v) is 6.92. The first-order valence-electron chi connectivity index (χ1n) is 6.13. The number of rotatable bonds is 3. The van der Waals surface area contributed by atoms with Crippen LogP contribution in [0.2, 0.25) is 0 Å². The van der Waals surface area contributed by atoms with Gasteiger partial charge in [0, 0.05) is 16.7 Å². The molecule has 0 spiro atoms. The molecule has 2 rings (SSSR count). The van der Waals surface area contributed by atoms with E-state index < -0.39 is 17.6 Å². The summed E-state index contributed by atoms with van der Waals surface area (Å²) in [7, 11) is 0. The predicted molar refractivity (Wildman–Crippen MR) is 77.6 cm³/mol. The van der Waals surface area contributed by atoms with Crippen LogP contribution in [0.1, 0.15) is 16.7 Å². The molecule has 1 nitrogen and oxygen atoms in total. The van der Waals surface area contributed by atoms with Gasteiger partial charge in [0.25, 0.3) is 0 Å². The Balaban J connectivity index is 2.22. The second-order valence-electron chi connectivity index (χ2n) is 4.62. The SMILES string of the molecule is Cc1ccc(NCc2ccc(F)cc2C(F)(F)F)cc1Br. The normalized spacial score (nSPS) is 11.5. The third-order valence-electron chi connectivity index (χ3n) is 3.03. The molecule has 21 heavy (non-hydrogen) atoms. The molecule has 0 aliphatic rings. The zero-order valence-corrected chi connectivity index (χ0v) is 12.6. The quantitative estimate of drug-likeness (QED) is 0.709. The van der Waals surface area contributed by atoms with Crippen molar-refractivity contribution in [2.75, 3.05) is 5.32 Å². The molecule has 6 heteroatoms. The summed E-state index contributed by atoms with van der Waals surface area (Å²) < 4.78 is 52.5. The van der Waals surface area contributed by atoms with Crippen LogP contribution in [-0.2, 0) is 12.7 Å². The molecule has 0 fully saturated rings. The van der Waals surface area contributed by atoms with E-state index in [2.05, 4.69) is 21.2 Å². The minimum Gasteiger partial charge on any atom is -0.381 e. The lowest BCUT2D eigenvalue weighted by molar-refractivity contribution is -0.138. The molecule has 0 aliphatic heterocycles. The monoisotopic (exact) mass is 361 g/mol. The van der Waals surface area contributed by atoms with Gasteiger partial charge in [-0.05, 0) is 42.3 Å². The Morgan fingerprint density at radius 2 is 1.81 bits per heavy atom. The molecule has 0 amide bonds. The summed E-state index contributed by atoms with van der Waals surface area (Å²) in [5.74, 6) is -0.899. The molecular formula is C15H12BrF4N. The van der Waals surface area contributed by atoms with Crippen molar-refractivity contribution >= 4 is 21.6 Å². The van der Waals surface area contributed by atoms with E-state index in [0.717, 1.165) is 22.2 Å². The van der Waals surface area contributed by atoms with Gasteiger partial charge in [-0.1, -0.05) is 28.1 Å². The Morgan fingerprint density at radius 3 is 2.43 bits per heavy atom. The van der Waals surface area contributed by atoms with Gasteiger partial charge >= 0.3 is 6.18 Å². The highest BCUT2D eigenvalue weighted by molar-refractivity contribution is 9.10. The zero-order valence-electron chi connectivity index (χ0n) is 11.1. The van der Waals surface area contributed by atoms with E-state index in [1.54, 1.807) is 12.1 Å². The van der Waals surface area contributed by atoms with Crippen LogP contribution in [-0.4, -0.2) is 0 Å². The number of aryl methyl sites for hydroxylation is 1. The summed E-state index contributed by atoms with van der Waals surface area (Å²) in [6, 6.07) is 8.10. The molecular weight excluding hydrogens is 350 g/mol. The van der Waals surface area contributed by atoms with Crippen molar-refractivity contribution in [3.63, 3.8) is 0 Å². The Labute approximate surface area is 128 Å². The lowest BCUT2D eigenvalue weighted by Crippen LogP contribution is -2.12. The van der Waals surface area contributed by atoms with Crippen molar-refractivity contribution in [3.05, 3.63) is 63.4 Å². The minimum atomic E-state index is -4.58. The van der Waals surface area contributed by atoms with Crippen molar-refractivity contribution in [1.29, 1.82) is 0 Å². The van der Waals surface area contributed by atoms with Crippen LogP contribution in [0.4, 0.5) is 23.2 Å². The fourth-order valence-electron chi connectivity index (χ4n) is 1.87. The summed E-state index contributed by atoms with van der Waals surface area (Å²) in [5.41, 5.74) is 0.755. The Kier molecular flexibility index (Phi) is 4.56. The molecule has 0 unspecified atom stereocenters. The lowest BCUT2D eigenvalue weighted by Gasteiger charge is -2.14. The van der Waals surface area contributed by atoms with Crippen LogP contribution >= 0.6 is 15.9 Å². The van der Waals surface area contributed by atoms with Crippen LogP contribution in [0.15, 0.2) is 40.9 Å². The van der Waals surface area contributed by atoms with Gasteiger partial charge in [0.2, 0.25) is 0 Å². The zero-order chi connectivity index (χ0) is 15.6. The highest BCUT2D eigenvalue weighted by Crippen LogP contribution is 2.33. The smallest absolute Gasteiger partial charge is 0.381 e. The van der Waals surface area contributed by atoms with E-state index in [0.29, 0.717) is 11.8 Å². The second kappa shape index (κ2) is 6.05. The molecule has 0 saturated carbocycles. The van der Waals surface area contributed by atoms with E-state index >= 15 is 0 Å². The maximum atomic E-state index is 13.0. The number of hydrogen-bond donors (Lipinski definition) is 1. The fourth-order valence-corrected chi connectivity index (χ4v) is 2.25. The number of halogens is 5.